The first-order valence-electron chi connectivity index (χ1n) is 9.20. The lowest BCUT2D eigenvalue weighted by molar-refractivity contribution is -0.134. The standard InChI is InChI=1S/C20H21F2N3O4/c1-2-18(26)13-7-16(21)20(17(22)8-13)29-11-15-10-25(5-6-28-15)19(27)4-3-14-9-23-12-24-14/h3-4,7-9,12,15H,2,5-6,10-11H2,1H3,(H,23,24). The summed E-state index contributed by atoms with van der Waals surface area (Å²) < 4.78 is 39.1. The number of amides is 1. The van der Waals surface area contributed by atoms with E-state index in [-0.39, 0.29) is 43.4 Å². The van der Waals surface area contributed by atoms with Crippen LogP contribution in [0.3, 0.4) is 0 Å². The van der Waals surface area contributed by atoms with E-state index in [0.29, 0.717) is 12.2 Å². The number of hydrogen-bond acceptors (Lipinski definition) is 5. The van der Waals surface area contributed by atoms with Crippen molar-refractivity contribution in [2.45, 2.75) is 19.4 Å². The number of carbonyl (C=O) groups is 2. The van der Waals surface area contributed by atoms with Crippen LogP contribution in [0, 0.1) is 11.6 Å². The zero-order chi connectivity index (χ0) is 20.8. The fourth-order valence-corrected chi connectivity index (χ4v) is 2.88. The van der Waals surface area contributed by atoms with E-state index in [0.717, 1.165) is 12.1 Å². The summed E-state index contributed by atoms with van der Waals surface area (Å²) in [5.74, 6) is -3.04. The molecule has 1 unspecified atom stereocenters. The van der Waals surface area contributed by atoms with Crippen LogP contribution in [0.25, 0.3) is 6.08 Å². The van der Waals surface area contributed by atoms with Crippen LogP contribution in [0.5, 0.6) is 5.75 Å². The molecule has 7 nitrogen and oxygen atoms in total. The highest BCUT2D eigenvalue weighted by atomic mass is 19.1. The highest BCUT2D eigenvalue weighted by molar-refractivity contribution is 5.96. The number of ether oxygens (including phenoxy) is 2. The number of benzene rings is 1. The number of H-pyrrole nitrogens is 1. The van der Waals surface area contributed by atoms with Crippen molar-refractivity contribution in [2.75, 3.05) is 26.3 Å². The molecule has 0 aliphatic carbocycles. The highest BCUT2D eigenvalue weighted by Gasteiger charge is 2.25. The average molecular weight is 405 g/mol. The molecule has 1 aromatic heterocycles. The molecule has 29 heavy (non-hydrogen) atoms. The van der Waals surface area contributed by atoms with Crippen molar-refractivity contribution >= 4 is 17.8 Å². The van der Waals surface area contributed by atoms with E-state index in [4.69, 9.17) is 9.47 Å². The Morgan fingerprint density at radius 2 is 2.14 bits per heavy atom. The van der Waals surface area contributed by atoms with Crippen molar-refractivity contribution in [1.82, 2.24) is 14.9 Å². The van der Waals surface area contributed by atoms with Gasteiger partial charge in [0.2, 0.25) is 5.91 Å². The van der Waals surface area contributed by atoms with Gasteiger partial charge in [0.05, 0.1) is 31.4 Å². The predicted octanol–water partition coefficient (Wildman–Crippen LogP) is 2.60. The molecule has 1 amide bonds. The monoisotopic (exact) mass is 405 g/mol. The Labute approximate surface area is 166 Å². The summed E-state index contributed by atoms with van der Waals surface area (Å²) >= 11 is 0. The summed E-state index contributed by atoms with van der Waals surface area (Å²) in [4.78, 5) is 32.2. The van der Waals surface area contributed by atoms with Crippen molar-refractivity contribution in [3.63, 3.8) is 0 Å². The Bertz CT molecular complexity index is 876. The third-order valence-corrected chi connectivity index (χ3v) is 4.43. The van der Waals surface area contributed by atoms with Crippen molar-refractivity contribution < 1.29 is 27.8 Å². The van der Waals surface area contributed by atoms with Gasteiger partial charge in [-0.1, -0.05) is 6.92 Å². The minimum atomic E-state index is -0.951. The zero-order valence-electron chi connectivity index (χ0n) is 15.9. The second-order valence-corrected chi connectivity index (χ2v) is 6.47. The van der Waals surface area contributed by atoms with Crippen LogP contribution in [-0.2, 0) is 9.53 Å². The number of halogens is 2. The number of ketones is 1. The summed E-state index contributed by atoms with van der Waals surface area (Å²) in [6.07, 6.45) is 5.73. The smallest absolute Gasteiger partial charge is 0.246 e. The van der Waals surface area contributed by atoms with E-state index in [1.54, 1.807) is 24.1 Å². The molecule has 0 saturated carbocycles. The Morgan fingerprint density at radius 3 is 2.79 bits per heavy atom. The molecule has 1 N–H and O–H groups in total. The molecular formula is C20H21F2N3O4. The molecule has 1 aliphatic heterocycles. The quantitative estimate of drug-likeness (QED) is 0.566. The van der Waals surface area contributed by atoms with Crippen LogP contribution in [0.2, 0.25) is 0 Å². The second kappa shape index (κ2) is 9.42. The number of aromatic nitrogens is 2. The van der Waals surface area contributed by atoms with Crippen LogP contribution in [-0.4, -0.2) is 59.0 Å². The van der Waals surface area contributed by atoms with Gasteiger partial charge < -0.3 is 19.4 Å². The van der Waals surface area contributed by atoms with Crippen molar-refractivity contribution in [3.05, 3.63) is 53.6 Å². The van der Waals surface area contributed by atoms with E-state index in [1.165, 1.54) is 12.4 Å². The van der Waals surface area contributed by atoms with Gasteiger partial charge in [-0.3, -0.25) is 9.59 Å². The highest BCUT2D eigenvalue weighted by Crippen LogP contribution is 2.24. The number of hydrogen-bond donors (Lipinski definition) is 1. The molecule has 0 spiro atoms. The molecule has 2 aromatic rings. The molecular weight excluding hydrogens is 384 g/mol. The van der Waals surface area contributed by atoms with Crippen molar-refractivity contribution in [3.8, 4) is 5.75 Å². The van der Waals surface area contributed by atoms with E-state index in [2.05, 4.69) is 9.97 Å². The van der Waals surface area contributed by atoms with Crippen molar-refractivity contribution in [1.29, 1.82) is 0 Å². The van der Waals surface area contributed by atoms with E-state index in [9.17, 15) is 18.4 Å². The molecule has 1 atom stereocenters. The van der Waals surface area contributed by atoms with E-state index in [1.807, 2.05) is 0 Å². The molecule has 1 fully saturated rings. The first-order valence-corrected chi connectivity index (χ1v) is 9.20. The van der Waals surface area contributed by atoms with Gasteiger partial charge in [-0.2, -0.15) is 0 Å². The van der Waals surface area contributed by atoms with Crippen LogP contribution >= 0.6 is 0 Å². The minimum absolute atomic E-state index is 0.0374. The Hall–Kier alpha value is -3.07. The minimum Gasteiger partial charge on any atom is -0.485 e. The number of imidazole rings is 1. The summed E-state index contributed by atoms with van der Waals surface area (Å²) in [6, 6.07) is 1.92. The van der Waals surface area contributed by atoms with Gasteiger partial charge in [0.25, 0.3) is 0 Å². The molecule has 1 aromatic carbocycles. The van der Waals surface area contributed by atoms with Crippen LogP contribution < -0.4 is 4.74 Å². The Balaban J connectivity index is 1.58. The van der Waals surface area contributed by atoms with Gasteiger partial charge in [-0.15, -0.1) is 0 Å². The third-order valence-electron chi connectivity index (χ3n) is 4.43. The topological polar surface area (TPSA) is 84.5 Å². The first-order chi connectivity index (χ1) is 14.0. The molecule has 3 rings (SSSR count). The van der Waals surface area contributed by atoms with E-state index < -0.39 is 23.5 Å². The fraction of sp³-hybridized carbons (Fsp3) is 0.350. The third kappa shape index (κ3) is 5.26. The normalized spacial score (nSPS) is 16.9. The van der Waals surface area contributed by atoms with Gasteiger partial charge in [-0.05, 0) is 18.2 Å². The maximum absolute atomic E-state index is 14.2. The molecule has 2 heterocycles. The lowest BCUT2D eigenvalue weighted by Crippen LogP contribution is -2.47. The molecule has 154 valence electrons. The summed E-state index contributed by atoms with van der Waals surface area (Å²) in [5.41, 5.74) is 0.659. The first kappa shape index (κ1) is 20.7. The molecule has 0 bridgehead atoms. The molecule has 9 heteroatoms. The average Bonchev–Trinajstić information content (AvgIpc) is 3.24. The van der Waals surface area contributed by atoms with Crippen LogP contribution in [0.4, 0.5) is 8.78 Å². The molecule has 1 aliphatic rings. The van der Waals surface area contributed by atoms with Gasteiger partial charge in [0, 0.05) is 24.6 Å². The van der Waals surface area contributed by atoms with Crippen LogP contribution in [0.15, 0.2) is 30.7 Å². The lowest BCUT2D eigenvalue weighted by atomic mass is 10.1. The lowest BCUT2D eigenvalue weighted by Gasteiger charge is -2.32. The van der Waals surface area contributed by atoms with Gasteiger partial charge in [-0.25, -0.2) is 13.8 Å². The van der Waals surface area contributed by atoms with Crippen LogP contribution in [0.1, 0.15) is 29.4 Å². The van der Waals surface area contributed by atoms with Gasteiger partial charge in [0.15, 0.2) is 23.2 Å². The maximum atomic E-state index is 14.2. The number of Topliss-reactive ketones (excluding diaryl/α,β-unsaturated/α-hetero) is 1. The predicted molar refractivity (Wildman–Crippen MR) is 100 cm³/mol. The van der Waals surface area contributed by atoms with Gasteiger partial charge >= 0.3 is 0 Å². The largest absolute Gasteiger partial charge is 0.485 e. The number of morpholine rings is 1. The fourth-order valence-electron chi connectivity index (χ4n) is 2.88. The maximum Gasteiger partial charge on any atom is 0.246 e. The summed E-state index contributed by atoms with van der Waals surface area (Å²) in [6.45, 7) is 2.39. The molecule has 1 saturated heterocycles. The summed E-state index contributed by atoms with van der Waals surface area (Å²) in [5, 5.41) is 0. The van der Waals surface area contributed by atoms with Gasteiger partial charge in [0.1, 0.15) is 12.7 Å². The Kier molecular flexibility index (Phi) is 6.71. The zero-order valence-corrected chi connectivity index (χ0v) is 15.9. The summed E-state index contributed by atoms with van der Waals surface area (Å²) in [7, 11) is 0. The number of aromatic amines is 1. The second-order valence-electron chi connectivity index (χ2n) is 6.47. The number of nitrogens with one attached hydrogen (secondary N) is 1. The number of rotatable bonds is 7. The number of carbonyl (C=O) groups excluding carboxylic acids is 2. The van der Waals surface area contributed by atoms with Crippen molar-refractivity contribution in [2.24, 2.45) is 0 Å². The SMILES string of the molecule is CCC(=O)c1cc(F)c(OCC2CN(C(=O)C=Cc3cnc[nH]3)CCO2)c(F)c1. The number of nitrogens with zero attached hydrogens (tertiary/aromatic N) is 2. The van der Waals surface area contributed by atoms with E-state index >= 15 is 0 Å². The Morgan fingerprint density at radius 1 is 1.38 bits per heavy atom. The molecule has 0 radical (unpaired) electrons.